The predicted octanol–water partition coefficient (Wildman–Crippen LogP) is 4.49. The van der Waals surface area contributed by atoms with E-state index >= 15 is 0 Å². The Bertz CT molecular complexity index is 665. The number of hydrogen-bond donors (Lipinski definition) is 2. The fourth-order valence-electron chi connectivity index (χ4n) is 2.36. The zero-order valence-corrected chi connectivity index (χ0v) is 13.0. The first-order valence-electron chi connectivity index (χ1n) is 7.33. The van der Waals surface area contributed by atoms with Crippen LogP contribution in [0.4, 0.5) is 0 Å². The van der Waals surface area contributed by atoms with Crippen molar-refractivity contribution in [2.75, 3.05) is 0 Å². The second-order valence-electron chi connectivity index (χ2n) is 5.41. The summed E-state index contributed by atoms with van der Waals surface area (Å²) in [7, 11) is 0. The van der Waals surface area contributed by atoms with Gasteiger partial charge in [0.05, 0.1) is 5.71 Å². The molecule has 0 bridgehead atoms. The normalized spacial score (nSPS) is 12.0. The lowest BCUT2D eigenvalue weighted by molar-refractivity contribution is 0.318. The monoisotopic (exact) mass is 295 g/mol. The summed E-state index contributed by atoms with van der Waals surface area (Å²) in [6, 6.07) is 13.9. The van der Waals surface area contributed by atoms with Gasteiger partial charge in [0.15, 0.2) is 0 Å². The van der Waals surface area contributed by atoms with E-state index in [0.717, 1.165) is 23.1 Å². The van der Waals surface area contributed by atoms with E-state index in [1.54, 1.807) is 0 Å². The molecule has 2 rings (SSSR count). The molecule has 2 aromatic carbocycles. The number of aromatic hydroxyl groups is 1. The molecule has 0 saturated carbocycles. The van der Waals surface area contributed by atoms with Crippen molar-refractivity contribution in [1.82, 2.24) is 0 Å². The molecule has 0 heterocycles. The summed E-state index contributed by atoms with van der Waals surface area (Å²) >= 11 is 0. The molecule has 0 aliphatic rings. The Kier molecular flexibility index (Phi) is 5.37. The number of benzene rings is 2. The van der Waals surface area contributed by atoms with Crippen molar-refractivity contribution in [2.45, 2.75) is 26.7 Å². The average Bonchev–Trinajstić information content (AvgIpc) is 2.53. The highest BCUT2D eigenvalue weighted by Gasteiger charge is 2.02. The molecule has 3 nitrogen and oxygen atoms in total. The minimum Gasteiger partial charge on any atom is -0.507 e. The molecule has 0 saturated heterocycles. The molecule has 22 heavy (non-hydrogen) atoms. The number of phenols is 1. The third-order valence-electron chi connectivity index (χ3n) is 3.62. The largest absolute Gasteiger partial charge is 0.507 e. The van der Waals surface area contributed by atoms with E-state index in [4.69, 9.17) is 5.21 Å². The summed E-state index contributed by atoms with van der Waals surface area (Å²) in [5.74, 6) is 0.331. The van der Waals surface area contributed by atoms with Gasteiger partial charge in [-0.05, 0) is 67.2 Å². The van der Waals surface area contributed by atoms with Crippen molar-refractivity contribution in [1.29, 1.82) is 0 Å². The first-order valence-corrected chi connectivity index (χ1v) is 7.33. The van der Waals surface area contributed by atoms with Crippen LogP contribution in [0.25, 0.3) is 6.08 Å². The van der Waals surface area contributed by atoms with E-state index in [2.05, 4.69) is 17.3 Å². The van der Waals surface area contributed by atoms with Gasteiger partial charge in [-0.1, -0.05) is 41.6 Å². The maximum Gasteiger partial charge on any atom is 0.121 e. The Morgan fingerprint density at radius 1 is 1.09 bits per heavy atom. The second-order valence-corrected chi connectivity index (χ2v) is 5.41. The topological polar surface area (TPSA) is 52.8 Å². The second kappa shape index (κ2) is 7.46. The predicted molar refractivity (Wildman–Crippen MR) is 90.6 cm³/mol. The van der Waals surface area contributed by atoms with Crippen LogP contribution < -0.4 is 0 Å². The number of oxime groups is 1. The summed E-state index contributed by atoms with van der Waals surface area (Å²) in [4.78, 5) is 0. The van der Waals surface area contributed by atoms with Crippen molar-refractivity contribution in [3.05, 3.63) is 70.8 Å². The zero-order chi connectivity index (χ0) is 15.9. The van der Waals surface area contributed by atoms with E-state index in [1.807, 2.05) is 56.3 Å². The van der Waals surface area contributed by atoms with Crippen molar-refractivity contribution in [2.24, 2.45) is 5.16 Å². The molecule has 2 N–H and O–H groups in total. The van der Waals surface area contributed by atoms with Crippen molar-refractivity contribution < 1.29 is 10.3 Å². The van der Waals surface area contributed by atoms with E-state index in [1.165, 1.54) is 5.56 Å². The Labute approximate surface area is 131 Å². The van der Waals surface area contributed by atoms with Crippen LogP contribution in [0.2, 0.25) is 0 Å². The molecular formula is C19H21NO2. The molecule has 0 unspecified atom stereocenters. The summed E-state index contributed by atoms with van der Waals surface area (Å²) in [5.41, 5.74) is 4.51. The van der Waals surface area contributed by atoms with Crippen LogP contribution in [0.15, 0.2) is 53.7 Å². The summed E-state index contributed by atoms with van der Waals surface area (Å²) in [5, 5.41) is 22.3. The van der Waals surface area contributed by atoms with Crippen LogP contribution >= 0.6 is 0 Å². The molecule has 0 aliphatic carbocycles. The van der Waals surface area contributed by atoms with E-state index < -0.39 is 0 Å². The Morgan fingerprint density at radius 2 is 1.73 bits per heavy atom. The molecule has 0 radical (unpaired) electrons. The molecular weight excluding hydrogens is 274 g/mol. The molecule has 3 heteroatoms. The highest BCUT2D eigenvalue weighted by Crippen LogP contribution is 2.23. The van der Waals surface area contributed by atoms with Crippen molar-refractivity contribution in [3.8, 4) is 5.75 Å². The SMILES string of the molecule is Cc1cc(/C=C/C(CCc2ccccc2)=N/O)cc(C)c1O. The molecule has 0 aliphatic heterocycles. The van der Waals surface area contributed by atoms with Gasteiger partial charge in [-0.15, -0.1) is 0 Å². The lowest BCUT2D eigenvalue weighted by Gasteiger charge is -2.05. The van der Waals surface area contributed by atoms with Crippen molar-refractivity contribution in [3.63, 3.8) is 0 Å². The fourth-order valence-corrected chi connectivity index (χ4v) is 2.36. The Hall–Kier alpha value is -2.55. The quantitative estimate of drug-likeness (QED) is 0.485. The van der Waals surface area contributed by atoms with Crippen molar-refractivity contribution >= 4 is 11.8 Å². The van der Waals surface area contributed by atoms with Crippen LogP contribution in [0.1, 0.15) is 28.7 Å². The number of hydrogen-bond acceptors (Lipinski definition) is 3. The molecule has 0 fully saturated rings. The average molecular weight is 295 g/mol. The van der Waals surface area contributed by atoms with Gasteiger partial charge in [-0.3, -0.25) is 0 Å². The van der Waals surface area contributed by atoms with Gasteiger partial charge in [-0.25, -0.2) is 0 Å². The zero-order valence-electron chi connectivity index (χ0n) is 13.0. The number of aryl methyl sites for hydroxylation is 3. The lowest BCUT2D eigenvalue weighted by atomic mass is 10.0. The van der Waals surface area contributed by atoms with Gasteiger partial charge in [0.2, 0.25) is 0 Å². The van der Waals surface area contributed by atoms with Gasteiger partial charge >= 0.3 is 0 Å². The Balaban J connectivity index is 2.04. The van der Waals surface area contributed by atoms with Gasteiger partial charge in [0.25, 0.3) is 0 Å². The maximum atomic E-state index is 9.78. The molecule has 0 aromatic heterocycles. The summed E-state index contributed by atoms with van der Waals surface area (Å²) in [6.07, 6.45) is 5.22. The van der Waals surface area contributed by atoms with Crippen LogP contribution in [0, 0.1) is 13.8 Å². The minimum absolute atomic E-state index is 0.331. The number of phenolic OH excluding ortho intramolecular Hbond substituents is 1. The van der Waals surface area contributed by atoms with Gasteiger partial charge < -0.3 is 10.3 Å². The van der Waals surface area contributed by atoms with Gasteiger partial charge in [-0.2, -0.15) is 0 Å². The number of rotatable bonds is 5. The Morgan fingerprint density at radius 3 is 2.32 bits per heavy atom. The highest BCUT2D eigenvalue weighted by atomic mass is 16.4. The van der Waals surface area contributed by atoms with Gasteiger partial charge in [0.1, 0.15) is 5.75 Å². The fraction of sp³-hybridized carbons (Fsp3) is 0.211. The van der Waals surface area contributed by atoms with Crippen LogP contribution in [0.5, 0.6) is 5.75 Å². The summed E-state index contributed by atoms with van der Waals surface area (Å²) in [6.45, 7) is 3.74. The van der Waals surface area contributed by atoms with Crippen LogP contribution in [0.3, 0.4) is 0 Å². The minimum atomic E-state index is 0.331. The van der Waals surface area contributed by atoms with E-state index in [0.29, 0.717) is 17.9 Å². The first kappa shape index (κ1) is 15.8. The number of allylic oxidation sites excluding steroid dienone is 1. The maximum absolute atomic E-state index is 9.78. The lowest BCUT2D eigenvalue weighted by Crippen LogP contribution is -1.97. The van der Waals surface area contributed by atoms with Crippen LogP contribution in [-0.4, -0.2) is 16.0 Å². The summed E-state index contributed by atoms with van der Waals surface area (Å²) < 4.78 is 0. The standard InChI is InChI=1S/C19H21NO2/c1-14-12-17(13-15(2)19(14)21)9-11-18(20-22)10-8-16-6-4-3-5-7-16/h3-7,9,11-13,21-22H,8,10H2,1-2H3/b11-9+,20-18+. The third kappa shape index (κ3) is 4.22. The first-order chi connectivity index (χ1) is 10.6. The third-order valence-corrected chi connectivity index (χ3v) is 3.62. The number of nitrogens with zero attached hydrogens (tertiary/aromatic N) is 1. The van der Waals surface area contributed by atoms with E-state index in [9.17, 15) is 5.11 Å². The molecule has 0 amide bonds. The van der Waals surface area contributed by atoms with Crippen LogP contribution in [-0.2, 0) is 6.42 Å². The molecule has 0 spiro atoms. The molecule has 2 aromatic rings. The molecule has 114 valence electrons. The highest BCUT2D eigenvalue weighted by molar-refractivity contribution is 5.98. The van der Waals surface area contributed by atoms with Gasteiger partial charge in [0, 0.05) is 0 Å². The smallest absolute Gasteiger partial charge is 0.121 e. The molecule has 0 atom stereocenters. The van der Waals surface area contributed by atoms with E-state index in [-0.39, 0.29) is 0 Å².